The van der Waals surface area contributed by atoms with Crippen LogP contribution in [0.15, 0.2) is 60.7 Å². The number of rotatable bonds is 6. The zero-order chi connectivity index (χ0) is 17.6. The number of anilines is 1. The Bertz CT molecular complexity index is 862. The predicted molar refractivity (Wildman–Crippen MR) is 101 cm³/mol. The van der Waals surface area contributed by atoms with E-state index in [1.165, 1.54) is 0 Å². The summed E-state index contributed by atoms with van der Waals surface area (Å²) in [6.45, 7) is 2.80. The summed E-state index contributed by atoms with van der Waals surface area (Å²) in [5, 5.41) is 0.954. The van der Waals surface area contributed by atoms with Crippen molar-refractivity contribution in [3.63, 3.8) is 0 Å². The highest BCUT2D eigenvalue weighted by Crippen LogP contribution is 2.22. The van der Waals surface area contributed by atoms with Crippen molar-refractivity contribution >= 4 is 22.5 Å². The average Bonchev–Trinajstić information content (AvgIpc) is 2.68. The topological polar surface area (TPSA) is 42.4 Å². The molecule has 0 aliphatic carbocycles. The monoisotopic (exact) mass is 334 g/mol. The van der Waals surface area contributed by atoms with Gasteiger partial charge in [0.2, 0.25) is 0 Å². The van der Waals surface area contributed by atoms with Gasteiger partial charge in [0.15, 0.2) is 0 Å². The van der Waals surface area contributed by atoms with Crippen molar-refractivity contribution in [2.75, 3.05) is 18.6 Å². The fraction of sp³-hybridized carbons (Fsp3) is 0.238. The number of fused-ring (bicyclic) bond motifs is 1. The number of nitrogens with zero attached hydrogens (tertiary/aromatic N) is 2. The first kappa shape index (κ1) is 17.0. The van der Waals surface area contributed by atoms with Gasteiger partial charge in [-0.05, 0) is 42.8 Å². The summed E-state index contributed by atoms with van der Waals surface area (Å²) < 4.78 is 5.24. The summed E-state index contributed by atoms with van der Waals surface area (Å²) in [6, 6.07) is 19.1. The molecule has 4 heteroatoms. The molecular weight excluding hydrogens is 312 g/mol. The Kier molecular flexibility index (Phi) is 5.29. The lowest BCUT2D eigenvalue weighted by molar-refractivity contribution is 0.0982. The van der Waals surface area contributed by atoms with Crippen LogP contribution in [0.4, 0.5) is 5.69 Å². The lowest BCUT2D eigenvalue weighted by Crippen LogP contribution is -2.32. The van der Waals surface area contributed by atoms with Crippen LogP contribution in [-0.4, -0.2) is 24.5 Å². The molecule has 0 atom stereocenters. The van der Waals surface area contributed by atoms with Crippen LogP contribution in [0.3, 0.4) is 0 Å². The first-order chi connectivity index (χ1) is 12.2. The Morgan fingerprint density at radius 2 is 1.88 bits per heavy atom. The van der Waals surface area contributed by atoms with E-state index in [-0.39, 0.29) is 5.91 Å². The number of methoxy groups -OCH3 is 1. The van der Waals surface area contributed by atoms with Gasteiger partial charge in [0.1, 0.15) is 11.4 Å². The van der Waals surface area contributed by atoms with Gasteiger partial charge in [0.05, 0.1) is 12.6 Å². The van der Waals surface area contributed by atoms with Crippen molar-refractivity contribution in [2.24, 2.45) is 0 Å². The average molecular weight is 334 g/mol. The second kappa shape index (κ2) is 7.79. The van der Waals surface area contributed by atoms with Crippen molar-refractivity contribution in [3.8, 4) is 5.75 Å². The number of hydrogen-bond donors (Lipinski definition) is 0. The van der Waals surface area contributed by atoms with Crippen LogP contribution in [0, 0.1) is 0 Å². The van der Waals surface area contributed by atoms with E-state index in [0.29, 0.717) is 12.2 Å². The number of hydrogen-bond acceptors (Lipinski definition) is 3. The van der Waals surface area contributed by atoms with Crippen molar-refractivity contribution in [1.82, 2.24) is 4.98 Å². The Labute approximate surface area is 148 Å². The van der Waals surface area contributed by atoms with Crippen LogP contribution < -0.4 is 9.64 Å². The highest BCUT2D eigenvalue weighted by atomic mass is 16.5. The molecule has 0 fully saturated rings. The van der Waals surface area contributed by atoms with E-state index >= 15 is 0 Å². The van der Waals surface area contributed by atoms with Gasteiger partial charge < -0.3 is 9.64 Å². The fourth-order valence-corrected chi connectivity index (χ4v) is 2.76. The Hall–Kier alpha value is -2.88. The summed E-state index contributed by atoms with van der Waals surface area (Å²) in [5.41, 5.74) is 2.14. The minimum Gasteiger partial charge on any atom is -0.497 e. The molecule has 2 aromatic carbocycles. The number of para-hydroxylation sites is 1. The molecule has 0 unspecified atom stereocenters. The summed E-state index contributed by atoms with van der Waals surface area (Å²) in [6.07, 6.45) is 1.98. The minimum atomic E-state index is -0.0719. The van der Waals surface area contributed by atoms with E-state index in [1.807, 2.05) is 54.6 Å². The normalized spacial score (nSPS) is 10.6. The molecule has 0 saturated heterocycles. The molecule has 0 bridgehead atoms. The summed E-state index contributed by atoms with van der Waals surface area (Å²) in [4.78, 5) is 19.4. The smallest absolute Gasteiger partial charge is 0.276 e. The summed E-state index contributed by atoms with van der Waals surface area (Å²) in [5.74, 6) is 0.708. The van der Waals surface area contributed by atoms with Crippen molar-refractivity contribution in [3.05, 3.63) is 66.4 Å². The molecule has 0 N–H and O–H groups in total. The van der Waals surface area contributed by atoms with Crippen LogP contribution in [0.5, 0.6) is 5.75 Å². The van der Waals surface area contributed by atoms with Gasteiger partial charge in [-0.1, -0.05) is 37.6 Å². The van der Waals surface area contributed by atoms with Crippen LogP contribution in [-0.2, 0) is 0 Å². The zero-order valence-electron chi connectivity index (χ0n) is 14.6. The summed E-state index contributed by atoms with van der Waals surface area (Å²) >= 11 is 0. The van der Waals surface area contributed by atoms with E-state index < -0.39 is 0 Å². The third-order valence-corrected chi connectivity index (χ3v) is 4.16. The van der Waals surface area contributed by atoms with Gasteiger partial charge in [-0.15, -0.1) is 0 Å². The Morgan fingerprint density at radius 3 is 2.60 bits per heavy atom. The second-order valence-corrected chi connectivity index (χ2v) is 5.90. The molecule has 1 heterocycles. The van der Waals surface area contributed by atoms with E-state index in [9.17, 15) is 4.79 Å². The molecule has 1 amide bonds. The van der Waals surface area contributed by atoms with Gasteiger partial charge in [-0.3, -0.25) is 4.79 Å². The highest BCUT2D eigenvalue weighted by Gasteiger charge is 2.18. The lowest BCUT2D eigenvalue weighted by Gasteiger charge is -2.22. The number of amides is 1. The van der Waals surface area contributed by atoms with Crippen LogP contribution >= 0.6 is 0 Å². The predicted octanol–water partition coefficient (Wildman–Crippen LogP) is 4.69. The third kappa shape index (κ3) is 3.79. The van der Waals surface area contributed by atoms with Crippen molar-refractivity contribution in [2.45, 2.75) is 19.8 Å². The summed E-state index contributed by atoms with van der Waals surface area (Å²) in [7, 11) is 1.64. The van der Waals surface area contributed by atoms with E-state index in [0.717, 1.165) is 35.2 Å². The molecule has 1 aromatic heterocycles. The first-order valence-electron chi connectivity index (χ1n) is 8.54. The van der Waals surface area contributed by atoms with Gasteiger partial charge >= 0.3 is 0 Å². The fourth-order valence-electron chi connectivity index (χ4n) is 2.76. The van der Waals surface area contributed by atoms with Gasteiger partial charge in [-0.25, -0.2) is 4.98 Å². The number of unbranched alkanes of at least 4 members (excludes halogenated alkanes) is 1. The zero-order valence-corrected chi connectivity index (χ0v) is 14.6. The molecule has 0 spiro atoms. The van der Waals surface area contributed by atoms with Crippen LogP contribution in [0.1, 0.15) is 30.3 Å². The van der Waals surface area contributed by atoms with E-state index in [4.69, 9.17) is 4.74 Å². The highest BCUT2D eigenvalue weighted by molar-refractivity contribution is 6.05. The molecule has 0 aliphatic rings. The quantitative estimate of drug-likeness (QED) is 0.657. The number of carbonyl (C=O) groups is 1. The molecular formula is C21H22N2O2. The largest absolute Gasteiger partial charge is 0.497 e. The Balaban J connectivity index is 1.94. The van der Waals surface area contributed by atoms with E-state index in [2.05, 4.69) is 11.9 Å². The number of aromatic nitrogens is 1. The molecule has 3 aromatic rings. The maximum atomic E-state index is 13.1. The van der Waals surface area contributed by atoms with Gasteiger partial charge in [-0.2, -0.15) is 0 Å². The molecule has 128 valence electrons. The maximum absolute atomic E-state index is 13.1. The van der Waals surface area contributed by atoms with Crippen molar-refractivity contribution in [1.29, 1.82) is 0 Å². The SMILES string of the molecule is CCCCN(C(=O)c1ccc2cc(OC)ccc2n1)c1ccccc1. The number of carbonyl (C=O) groups excluding carboxylic acids is 1. The van der Waals surface area contributed by atoms with Crippen LogP contribution in [0.2, 0.25) is 0 Å². The molecule has 3 rings (SSSR count). The second-order valence-electron chi connectivity index (χ2n) is 5.90. The van der Waals surface area contributed by atoms with E-state index in [1.54, 1.807) is 18.1 Å². The number of ether oxygens (including phenoxy) is 1. The standard InChI is InChI=1S/C21H22N2O2/c1-3-4-14-23(17-8-6-5-7-9-17)21(24)20-12-10-16-15-18(25-2)11-13-19(16)22-20/h5-13,15H,3-4,14H2,1-2H3. The number of benzene rings is 2. The maximum Gasteiger partial charge on any atom is 0.276 e. The molecule has 0 radical (unpaired) electrons. The molecule has 0 aliphatic heterocycles. The molecule has 4 nitrogen and oxygen atoms in total. The lowest BCUT2D eigenvalue weighted by atomic mass is 10.1. The minimum absolute atomic E-state index is 0.0719. The molecule has 0 saturated carbocycles. The first-order valence-corrected chi connectivity index (χ1v) is 8.54. The third-order valence-electron chi connectivity index (χ3n) is 4.16. The van der Waals surface area contributed by atoms with Gasteiger partial charge in [0, 0.05) is 17.6 Å². The van der Waals surface area contributed by atoms with Crippen molar-refractivity contribution < 1.29 is 9.53 Å². The van der Waals surface area contributed by atoms with Crippen LogP contribution in [0.25, 0.3) is 10.9 Å². The Morgan fingerprint density at radius 1 is 1.08 bits per heavy atom. The van der Waals surface area contributed by atoms with Gasteiger partial charge in [0.25, 0.3) is 5.91 Å². The number of pyridine rings is 1. The molecule has 25 heavy (non-hydrogen) atoms.